The predicted molar refractivity (Wildman–Crippen MR) is 131 cm³/mol. The first-order valence-electron chi connectivity index (χ1n) is 10.8. The highest BCUT2D eigenvalue weighted by Gasteiger charge is 2.45. The Labute approximate surface area is 207 Å². The van der Waals surface area contributed by atoms with Crippen molar-refractivity contribution in [2.75, 3.05) is 18.6 Å². The lowest BCUT2D eigenvalue weighted by Crippen LogP contribution is -2.31. The first-order valence-corrected chi connectivity index (χ1v) is 11.2. The number of nitrogens with zero attached hydrogens (tertiary/aromatic N) is 1. The first-order chi connectivity index (χ1) is 16.9. The van der Waals surface area contributed by atoms with Crippen molar-refractivity contribution in [3.8, 4) is 5.75 Å². The molecule has 0 unspecified atom stereocenters. The van der Waals surface area contributed by atoms with Gasteiger partial charge in [-0.3, -0.25) is 14.5 Å². The Morgan fingerprint density at radius 3 is 2.20 bits per heavy atom. The number of anilines is 1. The highest BCUT2D eigenvalue weighted by Crippen LogP contribution is 2.44. The second-order valence-corrected chi connectivity index (χ2v) is 8.09. The average molecular weight is 492 g/mol. The van der Waals surface area contributed by atoms with Gasteiger partial charge in [0.05, 0.1) is 30.9 Å². The summed E-state index contributed by atoms with van der Waals surface area (Å²) in [6.07, 6.45) is 0. The standard InChI is InChI=1S/C27H22ClNO6/c1-3-35-27(33)17-8-12-18(13-9-17)29-23(20-6-4-5-7-21(20)28)22(25(31)26(29)32)24(30)16-10-14-19(34-2)15-11-16/h4-15,23,31H,3H2,1-2H3/t23-/m0/s1. The van der Waals surface area contributed by atoms with Gasteiger partial charge < -0.3 is 14.6 Å². The van der Waals surface area contributed by atoms with Crippen LogP contribution in [0.4, 0.5) is 5.69 Å². The van der Waals surface area contributed by atoms with Gasteiger partial charge in [-0.2, -0.15) is 0 Å². The number of hydrogen-bond donors (Lipinski definition) is 1. The summed E-state index contributed by atoms with van der Waals surface area (Å²) < 4.78 is 10.2. The van der Waals surface area contributed by atoms with Crippen LogP contribution in [0.15, 0.2) is 84.1 Å². The van der Waals surface area contributed by atoms with Crippen LogP contribution in [0.1, 0.15) is 39.2 Å². The number of aliphatic hydroxyl groups is 1. The van der Waals surface area contributed by atoms with E-state index >= 15 is 0 Å². The van der Waals surface area contributed by atoms with Gasteiger partial charge in [0.1, 0.15) is 5.75 Å². The third-order valence-electron chi connectivity index (χ3n) is 5.66. The van der Waals surface area contributed by atoms with Crippen molar-refractivity contribution >= 4 is 34.9 Å². The zero-order valence-electron chi connectivity index (χ0n) is 19.0. The number of aliphatic hydroxyl groups excluding tert-OH is 1. The summed E-state index contributed by atoms with van der Waals surface area (Å²) in [7, 11) is 1.51. The van der Waals surface area contributed by atoms with Gasteiger partial charge in [0.25, 0.3) is 5.91 Å². The van der Waals surface area contributed by atoms with Crippen molar-refractivity contribution in [3.05, 3.63) is 106 Å². The van der Waals surface area contributed by atoms with Crippen molar-refractivity contribution in [3.63, 3.8) is 0 Å². The zero-order valence-corrected chi connectivity index (χ0v) is 19.8. The normalized spacial score (nSPS) is 15.3. The van der Waals surface area contributed by atoms with E-state index in [1.165, 1.54) is 24.1 Å². The largest absolute Gasteiger partial charge is 0.503 e. The third kappa shape index (κ3) is 4.50. The Balaban J connectivity index is 1.81. The maximum atomic E-state index is 13.5. The van der Waals surface area contributed by atoms with Gasteiger partial charge in [-0.15, -0.1) is 0 Å². The Morgan fingerprint density at radius 2 is 1.60 bits per heavy atom. The lowest BCUT2D eigenvalue weighted by atomic mass is 9.92. The maximum Gasteiger partial charge on any atom is 0.338 e. The molecule has 0 bridgehead atoms. The number of Topliss-reactive ketones (excluding diaryl/α,β-unsaturated/α-hetero) is 1. The second kappa shape index (κ2) is 10.0. The molecule has 0 saturated carbocycles. The summed E-state index contributed by atoms with van der Waals surface area (Å²) in [6.45, 7) is 1.94. The fourth-order valence-electron chi connectivity index (χ4n) is 3.97. The molecule has 0 radical (unpaired) electrons. The molecule has 178 valence electrons. The van der Waals surface area contributed by atoms with E-state index in [1.807, 2.05) is 0 Å². The van der Waals surface area contributed by atoms with Gasteiger partial charge >= 0.3 is 5.97 Å². The fraction of sp³-hybridized carbons (Fsp3) is 0.148. The van der Waals surface area contributed by atoms with E-state index in [0.717, 1.165) is 0 Å². The van der Waals surface area contributed by atoms with Crippen molar-refractivity contribution in [1.29, 1.82) is 0 Å². The molecule has 3 aromatic rings. The molecule has 1 aliphatic heterocycles. The number of esters is 1. The number of benzene rings is 3. The summed E-state index contributed by atoms with van der Waals surface area (Å²) in [5, 5.41) is 11.2. The van der Waals surface area contributed by atoms with Crippen LogP contribution in [-0.4, -0.2) is 36.5 Å². The molecular weight excluding hydrogens is 470 g/mol. The van der Waals surface area contributed by atoms with Crippen molar-refractivity contribution < 1.29 is 29.0 Å². The van der Waals surface area contributed by atoms with E-state index in [2.05, 4.69) is 0 Å². The van der Waals surface area contributed by atoms with Gasteiger partial charge in [0, 0.05) is 16.3 Å². The summed E-state index contributed by atoms with van der Waals surface area (Å²) in [5.41, 5.74) is 1.33. The summed E-state index contributed by atoms with van der Waals surface area (Å²) in [5.74, 6) is -1.87. The highest BCUT2D eigenvalue weighted by molar-refractivity contribution is 6.32. The third-order valence-corrected chi connectivity index (χ3v) is 6.01. The molecule has 3 aromatic carbocycles. The van der Waals surface area contributed by atoms with Crippen LogP contribution in [0, 0.1) is 0 Å². The van der Waals surface area contributed by atoms with Crippen LogP contribution in [0.2, 0.25) is 5.02 Å². The van der Waals surface area contributed by atoms with Crippen LogP contribution < -0.4 is 9.64 Å². The van der Waals surface area contributed by atoms with Gasteiger partial charge in [-0.05, 0) is 67.1 Å². The fourth-order valence-corrected chi connectivity index (χ4v) is 4.20. The lowest BCUT2D eigenvalue weighted by molar-refractivity contribution is -0.117. The SMILES string of the molecule is CCOC(=O)c1ccc(N2C(=O)C(O)=C(C(=O)c3ccc(OC)cc3)[C@@H]2c2ccccc2Cl)cc1. The molecule has 1 amide bonds. The average Bonchev–Trinajstić information content (AvgIpc) is 3.14. The monoisotopic (exact) mass is 491 g/mol. The van der Waals surface area contributed by atoms with Crippen LogP contribution >= 0.6 is 11.6 Å². The molecule has 1 N–H and O–H groups in total. The Hall–Kier alpha value is -4.10. The number of methoxy groups -OCH3 is 1. The molecule has 0 spiro atoms. The number of ketones is 1. The quantitative estimate of drug-likeness (QED) is 0.355. The van der Waals surface area contributed by atoms with E-state index in [0.29, 0.717) is 27.6 Å². The number of rotatable bonds is 7. The minimum absolute atomic E-state index is 0.0947. The molecule has 1 heterocycles. The van der Waals surface area contributed by atoms with Crippen molar-refractivity contribution in [1.82, 2.24) is 0 Å². The Morgan fingerprint density at radius 1 is 0.971 bits per heavy atom. The second-order valence-electron chi connectivity index (χ2n) is 7.69. The Kier molecular flexibility index (Phi) is 6.89. The maximum absolute atomic E-state index is 13.5. The zero-order chi connectivity index (χ0) is 25.1. The first kappa shape index (κ1) is 24.0. The van der Waals surface area contributed by atoms with Gasteiger partial charge in [0.2, 0.25) is 0 Å². The predicted octanol–water partition coefficient (Wildman–Crippen LogP) is 5.31. The van der Waals surface area contributed by atoms with Crippen LogP contribution in [0.25, 0.3) is 0 Å². The number of amides is 1. The molecule has 0 fully saturated rings. The van der Waals surface area contributed by atoms with E-state index < -0.39 is 29.5 Å². The van der Waals surface area contributed by atoms with Crippen molar-refractivity contribution in [2.45, 2.75) is 13.0 Å². The minimum Gasteiger partial charge on any atom is -0.503 e. The van der Waals surface area contributed by atoms with Crippen molar-refractivity contribution in [2.24, 2.45) is 0 Å². The molecule has 0 saturated heterocycles. The van der Waals surface area contributed by atoms with Crippen LogP contribution in [-0.2, 0) is 9.53 Å². The van der Waals surface area contributed by atoms with E-state index in [9.17, 15) is 19.5 Å². The molecule has 0 aromatic heterocycles. The van der Waals surface area contributed by atoms with Gasteiger partial charge in [0.15, 0.2) is 11.5 Å². The molecule has 8 heteroatoms. The summed E-state index contributed by atoms with van der Waals surface area (Å²) in [4.78, 5) is 40.2. The minimum atomic E-state index is -0.987. The highest BCUT2D eigenvalue weighted by atomic mass is 35.5. The smallest absolute Gasteiger partial charge is 0.338 e. The number of carbonyl (C=O) groups excluding carboxylic acids is 3. The number of ether oxygens (including phenoxy) is 2. The topological polar surface area (TPSA) is 93.1 Å². The van der Waals surface area contributed by atoms with Crippen LogP contribution in [0.5, 0.6) is 5.75 Å². The number of halogens is 1. The van der Waals surface area contributed by atoms with Crippen LogP contribution in [0.3, 0.4) is 0 Å². The number of hydrogen-bond acceptors (Lipinski definition) is 6. The molecule has 4 rings (SSSR count). The van der Waals surface area contributed by atoms with E-state index in [-0.39, 0.29) is 17.7 Å². The van der Waals surface area contributed by atoms with Gasteiger partial charge in [-0.25, -0.2) is 4.79 Å². The summed E-state index contributed by atoms with van der Waals surface area (Å²) >= 11 is 6.48. The summed E-state index contributed by atoms with van der Waals surface area (Å²) in [6, 6.07) is 18.3. The molecule has 7 nitrogen and oxygen atoms in total. The molecule has 35 heavy (non-hydrogen) atoms. The van der Waals surface area contributed by atoms with E-state index in [1.54, 1.807) is 67.6 Å². The Bertz CT molecular complexity index is 1310. The molecule has 1 atom stereocenters. The van der Waals surface area contributed by atoms with Gasteiger partial charge in [-0.1, -0.05) is 29.8 Å². The molecule has 1 aliphatic rings. The molecular formula is C27H22ClNO6. The number of carbonyl (C=O) groups is 3. The van der Waals surface area contributed by atoms with E-state index in [4.69, 9.17) is 21.1 Å². The molecule has 0 aliphatic carbocycles. The lowest BCUT2D eigenvalue weighted by Gasteiger charge is -2.27.